The Kier molecular flexibility index (Phi) is 3.91. The fourth-order valence-corrected chi connectivity index (χ4v) is 3.44. The summed E-state index contributed by atoms with van der Waals surface area (Å²) in [5.41, 5.74) is -0.338. The monoisotopic (exact) mass is 321 g/mol. The highest BCUT2D eigenvalue weighted by atomic mass is 35.5. The Hall–Kier alpha value is -1.88. The Morgan fingerprint density at radius 3 is 2.95 bits per heavy atom. The number of nitrogens with zero attached hydrogens (tertiary/aromatic N) is 1. The van der Waals surface area contributed by atoms with Gasteiger partial charge in [0.2, 0.25) is 5.78 Å². The Labute approximate surface area is 132 Å². The van der Waals surface area contributed by atoms with Crippen molar-refractivity contribution in [3.05, 3.63) is 34.9 Å². The summed E-state index contributed by atoms with van der Waals surface area (Å²) >= 11 is 6.28. The molecule has 1 aliphatic carbocycles. The average molecular weight is 322 g/mol. The number of ether oxygens (including phenoxy) is 1. The molecule has 1 aromatic rings. The summed E-state index contributed by atoms with van der Waals surface area (Å²) in [6.07, 6.45) is 1.59. The maximum atomic E-state index is 12.8. The maximum absolute atomic E-state index is 12.8. The molecule has 0 aromatic heterocycles. The molecule has 1 saturated carbocycles. The lowest BCUT2D eigenvalue weighted by molar-refractivity contribution is -0.137. The van der Waals surface area contributed by atoms with Crippen LogP contribution in [0.3, 0.4) is 0 Å². The van der Waals surface area contributed by atoms with Gasteiger partial charge in [0.15, 0.2) is 17.5 Å². The number of Topliss-reactive ketones (excluding diaryl/α,β-unsaturated/α-hetero) is 1. The van der Waals surface area contributed by atoms with E-state index in [0.29, 0.717) is 29.3 Å². The second-order valence-corrected chi connectivity index (χ2v) is 6.01. The Bertz CT molecular complexity index is 657. The normalized spacial score (nSPS) is 27.0. The van der Waals surface area contributed by atoms with Crippen molar-refractivity contribution in [1.82, 2.24) is 0 Å². The quantitative estimate of drug-likeness (QED) is 0.925. The summed E-state index contributed by atoms with van der Waals surface area (Å²) in [6.45, 7) is 0. The van der Waals surface area contributed by atoms with E-state index in [1.807, 2.05) is 18.2 Å². The molecule has 6 heteroatoms. The molecule has 5 nitrogen and oxygen atoms in total. The zero-order valence-electron chi connectivity index (χ0n) is 11.9. The molecule has 0 unspecified atom stereocenters. The van der Waals surface area contributed by atoms with Crippen LogP contribution in [0.4, 0.5) is 0 Å². The second kappa shape index (κ2) is 5.72. The molecule has 1 heterocycles. The summed E-state index contributed by atoms with van der Waals surface area (Å²) in [4.78, 5) is 28.0. The van der Waals surface area contributed by atoms with Crippen molar-refractivity contribution >= 4 is 29.3 Å². The molecule has 1 aliphatic heterocycles. The summed E-state index contributed by atoms with van der Waals surface area (Å²) in [5.74, 6) is -0.655. The van der Waals surface area contributed by atoms with E-state index in [1.54, 1.807) is 6.07 Å². The van der Waals surface area contributed by atoms with Crippen molar-refractivity contribution in [2.24, 2.45) is 4.99 Å². The lowest BCUT2D eigenvalue weighted by Gasteiger charge is -2.41. The SMILES string of the molecule is O=C(O)CCC1=N[C@]2(c3ccccc3Cl)CCC[C@H](O1)C2=O. The highest BCUT2D eigenvalue weighted by Gasteiger charge is 2.51. The predicted molar refractivity (Wildman–Crippen MR) is 81.2 cm³/mol. The third-order valence-corrected chi connectivity index (χ3v) is 4.50. The molecule has 2 atom stereocenters. The minimum atomic E-state index is -1.02. The molecule has 1 N–H and O–H groups in total. The summed E-state index contributed by atoms with van der Waals surface area (Å²) in [5, 5.41) is 9.33. The third kappa shape index (κ3) is 2.50. The number of hydrogen-bond acceptors (Lipinski definition) is 4. The largest absolute Gasteiger partial charge is 0.481 e. The van der Waals surface area contributed by atoms with E-state index in [2.05, 4.69) is 4.99 Å². The molecule has 2 aliphatic rings. The van der Waals surface area contributed by atoms with Crippen LogP contribution in [0.25, 0.3) is 0 Å². The molecule has 2 bridgehead atoms. The van der Waals surface area contributed by atoms with Crippen molar-refractivity contribution in [3.63, 3.8) is 0 Å². The fraction of sp³-hybridized carbons (Fsp3) is 0.438. The number of benzene rings is 1. The van der Waals surface area contributed by atoms with Gasteiger partial charge in [0.25, 0.3) is 0 Å². The molecular weight excluding hydrogens is 306 g/mol. The van der Waals surface area contributed by atoms with Crippen LogP contribution >= 0.6 is 11.6 Å². The average Bonchev–Trinajstić information content (AvgIpc) is 2.46. The van der Waals surface area contributed by atoms with Crippen LogP contribution < -0.4 is 0 Å². The topological polar surface area (TPSA) is 76.0 Å². The predicted octanol–water partition coefficient (Wildman–Crippen LogP) is 2.95. The second-order valence-electron chi connectivity index (χ2n) is 5.60. The summed E-state index contributed by atoms with van der Waals surface area (Å²) in [7, 11) is 0. The van der Waals surface area contributed by atoms with Crippen molar-refractivity contribution in [3.8, 4) is 0 Å². The molecule has 0 radical (unpaired) electrons. The van der Waals surface area contributed by atoms with Gasteiger partial charge in [-0.2, -0.15) is 0 Å². The number of carbonyl (C=O) groups excluding carboxylic acids is 1. The van der Waals surface area contributed by atoms with Gasteiger partial charge in [-0.15, -0.1) is 0 Å². The molecule has 1 fully saturated rings. The van der Waals surface area contributed by atoms with Crippen molar-refractivity contribution in [2.45, 2.75) is 43.7 Å². The zero-order valence-corrected chi connectivity index (χ0v) is 12.7. The molecule has 116 valence electrons. The van der Waals surface area contributed by atoms with Gasteiger partial charge in [0, 0.05) is 17.0 Å². The van der Waals surface area contributed by atoms with E-state index >= 15 is 0 Å². The van der Waals surface area contributed by atoms with Crippen molar-refractivity contribution < 1.29 is 19.4 Å². The minimum absolute atomic E-state index is 0.0711. The number of carbonyl (C=O) groups is 2. The van der Waals surface area contributed by atoms with Gasteiger partial charge in [0.05, 0.1) is 6.42 Å². The van der Waals surface area contributed by atoms with Crippen molar-refractivity contribution in [1.29, 1.82) is 0 Å². The van der Waals surface area contributed by atoms with Crippen LogP contribution in [0.1, 0.15) is 37.7 Å². The molecule has 0 amide bonds. The standard InChI is InChI=1S/C16H16ClNO4/c17-11-5-2-1-4-10(11)16-9-3-6-12(15(16)21)22-13(18-16)7-8-14(19)20/h1-2,4-5,12H,3,6-9H2,(H,19,20)/t12-,16-/m0/s1. The fourth-order valence-electron chi connectivity index (χ4n) is 3.14. The van der Waals surface area contributed by atoms with E-state index in [-0.39, 0.29) is 18.6 Å². The number of hydrogen-bond donors (Lipinski definition) is 1. The van der Waals surface area contributed by atoms with E-state index in [4.69, 9.17) is 21.4 Å². The number of ketones is 1. The van der Waals surface area contributed by atoms with Gasteiger partial charge in [-0.05, 0) is 25.3 Å². The smallest absolute Gasteiger partial charge is 0.303 e. The number of carboxylic acid groups (broad SMARTS) is 1. The van der Waals surface area contributed by atoms with Gasteiger partial charge < -0.3 is 9.84 Å². The van der Waals surface area contributed by atoms with Crippen molar-refractivity contribution in [2.75, 3.05) is 0 Å². The maximum Gasteiger partial charge on any atom is 0.303 e. The van der Waals surface area contributed by atoms with Gasteiger partial charge in [0.1, 0.15) is 0 Å². The van der Waals surface area contributed by atoms with Gasteiger partial charge in [-0.3, -0.25) is 9.59 Å². The van der Waals surface area contributed by atoms with Crippen LogP contribution in [0, 0.1) is 0 Å². The van der Waals surface area contributed by atoms with Crippen LogP contribution in [0.2, 0.25) is 5.02 Å². The lowest BCUT2D eigenvalue weighted by atomic mass is 9.74. The molecule has 22 heavy (non-hydrogen) atoms. The number of aliphatic carboxylic acids is 1. The highest BCUT2D eigenvalue weighted by molar-refractivity contribution is 6.32. The van der Waals surface area contributed by atoms with Gasteiger partial charge in [-0.1, -0.05) is 29.8 Å². The number of halogens is 1. The molecule has 1 aromatic carbocycles. The first-order valence-corrected chi connectivity index (χ1v) is 7.67. The van der Waals surface area contributed by atoms with Crippen LogP contribution in [-0.2, 0) is 19.9 Å². The summed E-state index contributed by atoms with van der Waals surface area (Å²) < 4.78 is 5.60. The number of fused-ring (bicyclic) bond motifs is 2. The molecule has 0 spiro atoms. The van der Waals surface area contributed by atoms with Crippen LogP contribution in [0.15, 0.2) is 29.3 Å². The molecular formula is C16H16ClNO4. The first-order chi connectivity index (χ1) is 10.5. The first kappa shape index (κ1) is 15.0. The highest BCUT2D eigenvalue weighted by Crippen LogP contribution is 2.44. The lowest BCUT2D eigenvalue weighted by Crippen LogP contribution is -2.51. The summed E-state index contributed by atoms with van der Waals surface area (Å²) in [6, 6.07) is 7.19. The zero-order chi connectivity index (χ0) is 15.7. The van der Waals surface area contributed by atoms with Crippen LogP contribution in [0.5, 0.6) is 0 Å². The Morgan fingerprint density at radius 2 is 2.23 bits per heavy atom. The Balaban J connectivity index is 2.04. The Morgan fingerprint density at radius 1 is 1.45 bits per heavy atom. The number of rotatable bonds is 4. The first-order valence-electron chi connectivity index (χ1n) is 7.29. The van der Waals surface area contributed by atoms with E-state index in [9.17, 15) is 9.59 Å². The van der Waals surface area contributed by atoms with E-state index < -0.39 is 17.6 Å². The van der Waals surface area contributed by atoms with Crippen LogP contribution in [-0.4, -0.2) is 28.9 Å². The van der Waals surface area contributed by atoms with Gasteiger partial charge in [-0.25, -0.2) is 4.99 Å². The number of carboxylic acids is 1. The molecule has 3 rings (SSSR count). The third-order valence-electron chi connectivity index (χ3n) is 4.17. The minimum Gasteiger partial charge on any atom is -0.481 e. The van der Waals surface area contributed by atoms with Gasteiger partial charge >= 0.3 is 5.97 Å². The molecule has 0 saturated heterocycles. The van der Waals surface area contributed by atoms with E-state index in [0.717, 1.165) is 6.42 Å². The van der Waals surface area contributed by atoms with E-state index in [1.165, 1.54) is 0 Å². The number of aliphatic imine (C=N–C) groups is 1.